The molecule has 0 aliphatic rings. The average Bonchev–Trinajstić information content (AvgIpc) is 2.58. The molecule has 0 fully saturated rings. The van der Waals surface area contributed by atoms with Crippen LogP contribution >= 0.6 is 0 Å². The SMILES string of the molecule is CCCCCCCCCCCOC(=O)CCCCC(=O)OCC(C)C. The van der Waals surface area contributed by atoms with Crippen molar-refractivity contribution in [1.82, 2.24) is 0 Å². The lowest BCUT2D eigenvalue weighted by Gasteiger charge is -2.07. The fourth-order valence-corrected chi connectivity index (χ4v) is 2.54. The monoisotopic (exact) mass is 356 g/mol. The van der Waals surface area contributed by atoms with Gasteiger partial charge in [-0.3, -0.25) is 9.59 Å². The normalized spacial score (nSPS) is 10.9. The molecule has 0 aromatic carbocycles. The third-order valence-electron chi connectivity index (χ3n) is 4.10. The molecule has 0 saturated heterocycles. The van der Waals surface area contributed by atoms with Crippen molar-refractivity contribution >= 4 is 11.9 Å². The van der Waals surface area contributed by atoms with Gasteiger partial charge in [-0.2, -0.15) is 0 Å². The van der Waals surface area contributed by atoms with E-state index in [-0.39, 0.29) is 11.9 Å². The van der Waals surface area contributed by atoms with E-state index in [1.54, 1.807) is 0 Å². The van der Waals surface area contributed by atoms with E-state index in [1.165, 1.54) is 44.9 Å². The quantitative estimate of drug-likeness (QED) is 0.243. The van der Waals surface area contributed by atoms with E-state index < -0.39 is 0 Å². The number of hydrogen-bond donors (Lipinski definition) is 0. The van der Waals surface area contributed by atoms with Crippen molar-refractivity contribution in [2.24, 2.45) is 5.92 Å². The zero-order chi connectivity index (χ0) is 18.8. The van der Waals surface area contributed by atoms with Gasteiger partial charge in [0.1, 0.15) is 0 Å². The van der Waals surface area contributed by atoms with Crippen LogP contribution in [-0.2, 0) is 19.1 Å². The Morgan fingerprint density at radius 3 is 1.68 bits per heavy atom. The summed E-state index contributed by atoms with van der Waals surface area (Å²) in [6, 6.07) is 0. The van der Waals surface area contributed by atoms with Gasteiger partial charge in [0.25, 0.3) is 0 Å². The smallest absolute Gasteiger partial charge is 0.305 e. The predicted molar refractivity (Wildman–Crippen MR) is 102 cm³/mol. The highest BCUT2D eigenvalue weighted by atomic mass is 16.5. The fraction of sp³-hybridized carbons (Fsp3) is 0.905. The van der Waals surface area contributed by atoms with Gasteiger partial charge in [0, 0.05) is 12.8 Å². The highest BCUT2D eigenvalue weighted by Crippen LogP contribution is 2.10. The first kappa shape index (κ1) is 23.9. The van der Waals surface area contributed by atoms with Gasteiger partial charge in [0.15, 0.2) is 0 Å². The molecule has 0 unspecified atom stereocenters. The van der Waals surface area contributed by atoms with E-state index in [0.29, 0.717) is 44.8 Å². The largest absolute Gasteiger partial charge is 0.466 e. The van der Waals surface area contributed by atoms with Crippen LogP contribution < -0.4 is 0 Å². The third-order valence-corrected chi connectivity index (χ3v) is 4.10. The minimum Gasteiger partial charge on any atom is -0.466 e. The van der Waals surface area contributed by atoms with Crippen molar-refractivity contribution in [2.45, 2.75) is 104 Å². The lowest BCUT2D eigenvalue weighted by Crippen LogP contribution is -2.10. The highest BCUT2D eigenvalue weighted by Gasteiger charge is 2.06. The molecular weight excluding hydrogens is 316 g/mol. The Morgan fingerprint density at radius 2 is 1.16 bits per heavy atom. The molecule has 25 heavy (non-hydrogen) atoms. The molecule has 4 nitrogen and oxygen atoms in total. The van der Waals surface area contributed by atoms with E-state index in [4.69, 9.17) is 9.47 Å². The number of hydrogen-bond acceptors (Lipinski definition) is 4. The van der Waals surface area contributed by atoms with Gasteiger partial charge in [0.05, 0.1) is 13.2 Å². The first-order valence-corrected chi connectivity index (χ1v) is 10.4. The van der Waals surface area contributed by atoms with Crippen molar-refractivity contribution in [1.29, 1.82) is 0 Å². The molecule has 0 N–H and O–H groups in total. The van der Waals surface area contributed by atoms with E-state index in [1.807, 2.05) is 13.8 Å². The lowest BCUT2D eigenvalue weighted by atomic mass is 10.1. The van der Waals surface area contributed by atoms with Gasteiger partial charge in [-0.25, -0.2) is 0 Å². The zero-order valence-electron chi connectivity index (χ0n) is 16.8. The maximum absolute atomic E-state index is 11.6. The fourth-order valence-electron chi connectivity index (χ4n) is 2.54. The van der Waals surface area contributed by atoms with Crippen molar-refractivity contribution in [3.63, 3.8) is 0 Å². The molecule has 0 bridgehead atoms. The number of unbranched alkanes of at least 4 members (excludes halogenated alkanes) is 9. The summed E-state index contributed by atoms with van der Waals surface area (Å²) in [7, 11) is 0. The van der Waals surface area contributed by atoms with Crippen molar-refractivity contribution in [3.05, 3.63) is 0 Å². The molecule has 0 aromatic rings. The molecule has 0 aliphatic carbocycles. The second-order valence-electron chi connectivity index (χ2n) is 7.33. The van der Waals surface area contributed by atoms with E-state index in [2.05, 4.69) is 6.92 Å². The average molecular weight is 357 g/mol. The second kappa shape index (κ2) is 17.8. The van der Waals surface area contributed by atoms with Crippen molar-refractivity contribution in [3.8, 4) is 0 Å². The van der Waals surface area contributed by atoms with Crippen LogP contribution in [0.15, 0.2) is 0 Å². The summed E-state index contributed by atoms with van der Waals surface area (Å²) in [6.45, 7) is 7.27. The molecule has 0 aromatic heterocycles. The Morgan fingerprint density at radius 1 is 0.680 bits per heavy atom. The first-order chi connectivity index (χ1) is 12.1. The first-order valence-electron chi connectivity index (χ1n) is 10.4. The van der Waals surface area contributed by atoms with Gasteiger partial charge < -0.3 is 9.47 Å². The number of esters is 2. The zero-order valence-corrected chi connectivity index (χ0v) is 16.8. The van der Waals surface area contributed by atoms with E-state index in [9.17, 15) is 9.59 Å². The maximum Gasteiger partial charge on any atom is 0.305 e. The number of rotatable bonds is 17. The summed E-state index contributed by atoms with van der Waals surface area (Å²) in [4.78, 5) is 23.0. The Hall–Kier alpha value is -1.06. The van der Waals surface area contributed by atoms with Crippen molar-refractivity contribution < 1.29 is 19.1 Å². The molecule has 0 amide bonds. The molecule has 0 radical (unpaired) electrons. The van der Waals surface area contributed by atoms with Crippen LogP contribution in [0.25, 0.3) is 0 Å². The van der Waals surface area contributed by atoms with Gasteiger partial charge in [0.2, 0.25) is 0 Å². The molecule has 148 valence electrons. The van der Waals surface area contributed by atoms with Crippen LogP contribution in [0.3, 0.4) is 0 Å². The summed E-state index contributed by atoms with van der Waals surface area (Å²) < 4.78 is 10.3. The molecule has 0 rings (SSSR count). The molecule has 0 aliphatic heterocycles. The summed E-state index contributed by atoms with van der Waals surface area (Å²) in [5.41, 5.74) is 0. The van der Waals surface area contributed by atoms with Crippen LogP contribution in [0.5, 0.6) is 0 Å². The van der Waals surface area contributed by atoms with Crippen molar-refractivity contribution in [2.75, 3.05) is 13.2 Å². The van der Waals surface area contributed by atoms with E-state index in [0.717, 1.165) is 12.8 Å². The molecule has 4 heteroatoms. The second-order valence-corrected chi connectivity index (χ2v) is 7.33. The summed E-state index contributed by atoms with van der Waals surface area (Å²) in [6.07, 6.45) is 13.5. The summed E-state index contributed by atoms with van der Waals surface area (Å²) >= 11 is 0. The summed E-state index contributed by atoms with van der Waals surface area (Å²) in [5.74, 6) is 0.0480. The van der Waals surface area contributed by atoms with E-state index >= 15 is 0 Å². The van der Waals surface area contributed by atoms with Crippen LogP contribution in [0.2, 0.25) is 0 Å². The van der Waals surface area contributed by atoms with Gasteiger partial charge in [-0.05, 0) is 25.2 Å². The number of carbonyl (C=O) groups excluding carboxylic acids is 2. The minimum absolute atomic E-state index is 0.143. The molecule has 0 saturated carbocycles. The van der Waals surface area contributed by atoms with Gasteiger partial charge >= 0.3 is 11.9 Å². The standard InChI is InChI=1S/C21H40O4/c1-4-5-6-7-8-9-10-11-14-17-24-20(22)15-12-13-16-21(23)25-18-19(2)3/h19H,4-18H2,1-3H3. The predicted octanol–water partition coefficient (Wildman–Crippen LogP) is 5.82. The molecule has 0 atom stereocenters. The Kier molecular flexibility index (Phi) is 17.0. The molecule has 0 spiro atoms. The number of ether oxygens (including phenoxy) is 2. The Balaban J connectivity index is 3.29. The van der Waals surface area contributed by atoms with Gasteiger partial charge in [-0.1, -0.05) is 72.1 Å². The Bertz CT molecular complexity index is 326. The van der Waals surface area contributed by atoms with Crippen LogP contribution in [0.1, 0.15) is 104 Å². The Labute approximate surface area is 155 Å². The van der Waals surface area contributed by atoms with Gasteiger partial charge in [-0.15, -0.1) is 0 Å². The molecule has 0 heterocycles. The highest BCUT2D eigenvalue weighted by molar-refractivity contribution is 5.70. The minimum atomic E-state index is -0.170. The van der Waals surface area contributed by atoms with Crippen LogP contribution in [0, 0.1) is 5.92 Å². The summed E-state index contributed by atoms with van der Waals surface area (Å²) in [5, 5.41) is 0. The van der Waals surface area contributed by atoms with Crippen LogP contribution in [0.4, 0.5) is 0 Å². The topological polar surface area (TPSA) is 52.6 Å². The maximum atomic E-state index is 11.6. The molecular formula is C21H40O4. The lowest BCUT2D eigenvalue weighted by molar-refractivity contribution is -0.146. The van der Waals surface area contributed by atoms with Crippen LogP contribution in [-0.4, -0.2) is 25.2 Å². The number of carbonyl (C=O) groups is 2. The third kappa shape index (κ3) is 19.1.